The summed E-state index contributed by atoms with van der Waals surface area (Å²) < 4.78 is 4.91. The number of nitriles is 1. The van der Waals surface area contributed by atoms with Gasteiger partial charge in [0, 0.05) is 33.1 Å². The average molecular weight is 601 g/mol. The second-order valence-electron chi connectivity index (χ2n) is 10.6. The van der Waals surface area contributed by atoms with Crippen molar-refractivity contribution in [3.8, 4) is 6.07 Å². The monoisotopic (exact) mass is 600 g/mol. The molecule has 12 nitrogen and oxygen atoms in total. The van der Waals surface area contributed by atoms with Crippen LogP contribution in [0.4, 0.5) is 0 Å². The van der Waals surface area contributed by atoms with E-state index in [2.05, 4.69) is 21.1 Å². The van der Waals surface area contributed by atoms with E-state index in [1.54, 1.807) is 45.3 Å². The van der Waals surface area contributed by atoms with Gasteiger partial charge in [0.15, 0.2) is 5.69 Å². The van der Waals surface area contributed by atoms with Crippen molar-refractivity contribution in [1.82, 2.24) is 26.0 Å². The summed E-state index contributed by atoms with van der Waals surface area (Å²) in [6.07, 6.45) is 0.236. The predicted octanol–water partition coefficient (Wildman–Crippen LogP) is 1.81. The summed E-state index contributed by atoms with van der Waals surface area (Å²) in [5.74, 6) is -2.01. The number of aliphatic hydroxyl groups is 1. The third-order valence-electron chi connectivity index (χ3n) is 6.62. The van der Waals surface area contributed by atoms with Crippen LogP contribution in [-0.4, -0.2) is 71.1 Å². The fourth-order valence-electron chi connectivity index (χ4n) is 4.12. The first-order valence-corrected chi connectivity index (χ1v) is 13.9. The van der Waals surface area contributed by atoms with Gasteiger partial charge in [-0.2, -0.15) is 5.26 Å². The number of aryl methyl sites for hydroxylation is 2. The van der Waals surface area contributed by atoms with Crippen molar-refractivity contribution >= 4 is 29.7 Å². The van der Waals surface area contributed by atoms with E-state index in [4.69, 9.17) is 4.52 Å². The van der Waals surface area contributed by atoms with Gasteiger partial charge in [-0.15, -0.1) is 0 Å². The molecule has 2 aromatic carbocycles. The van der Waals surface area contributed by atoms with Gasteiger partial charge in [0.2, 0.25) is 11.8 Å². The number of aliphatic hydroxyl groups excluding tert-OH is 1. The standard InChI is InChI=1S/C32H36N6O6/c1-19-6-8-24(9-7-19)18-34-29(40)26(16-23-12-10-22(11-13-23)15-25(17-33)32(43)38(4)5)35-31(42)28(21(3)39)36-30(41)27-14-20(2)44-37-27/h6-15,21,26,28,39H,16,18H2,1-5H3,(H,34,40)(H,35,42)(H,36,41)/b25-15+/t21-,26+,28+/m1/s1. The molecule has 1 aromatic heterocycles. The zero-order valence-electron chi connectivity index (χ0n) is 25.2. The lowest BCUT2D eigenvalue weighted by Gasteiger charge is -2.24. The van der Waals surface area contributed by atoms with Gasteiger partial charge in [-0.25, -0.2) is 0 Å². The van der Waals surface area contributed by atoms with Gasteiger partial charge in [0.25, 0.3) is 11.8 Å². The molecule has 0 bridgehead atoms. The average Bonchev–Trinajstić information content (AvgIpc) is 3.44. The zero-order valence-corrected chi connectivity index (χ0v) is 25.2. The highest BCUT2D eigenvalue weighted by Gasteiger charge is 2.31. The molecule has 0 saturated carbocycles. The molecule has 0 fully saturated rings. The van der Waals surface area contributed by atoms with E-state index in [0.717, 1.165) is 11.1 Å². The second-order valence-corrected chi connectivity index (χ2v) is 10.6. The maximum Gasteiger partial charge on any atom is 0.274 e. The molecule has 0 saturated heterocycles. The van der Waals surface area contributed by atoms with Crippen LogP contribution in [0.25, 0.3) is 6.08 Å². The largest absolute Gasteiger partial charge is 0.391 e. The summed E-state index contributed by atoms with van der Waals surface area (Å²) in [4.78, 5) is 52.8. The number of nitrogens with zero attached hydrogens (tertiary/aromatic N) is 3. The Labute approximate surface area is 255 Å². The number of nitrogens with one attached hydrogen (secondary N) is 3. The molecule has 3 atom stereocenters. The molecule has 0 aliphatic rings. The number of hydrogen-bond donors (Lipinski definition) is 4. The van der Waals surface area contributed by atoms with Gasteiger partial charge in [-0.05, 0) is 43.5 Å². The Balaban J connectivity index is 1.81. The molecule has 1 heterocycles. The van der Waals surface area contributed by atoms with Crippen molar-refractivity contribution < 1.29 is 28.8 Å². The normalized spacial score (nSPS) is 13.2. The minimum atomic E-state index is -1.39. The van der Waals surface area contributed by atoms with Crippen LogP contribution in [0.5, 0.6) is 0 Å². The number of carbonyl (C=O) groups is 4. The minimum absolute atomic E-state index is 0.0321. The first-order chi connectivity index (χ1) is 20.9. The van der Waals surface area contributed by atoms with E-state index in [-0.39, 0.29) is 24.2 Å². The Bertz CT molecular complexity index is 1550. The first kappa shape index (κ1) is 33.2. The highest BCUT2D eigenvalue weighted by atomic mass is 16.5. The summed E-state index contributed by atoms with van der Waals surface area (Å²) in [5, 5.41) is 31.3. The van der Waals surface area contributed by atoms with Gasteiger partial charge in [0.1, 0.15) is 29.5 Å². The fraction of sp³-hybridized carbons (Fsp3) is 0.312. The molecular weight excluding hydrogens is 564 g/mol. The summed E-state index contributed by atoms with van der Waals surface area (Å²) in [5.41, 5.74) is 3.12. The van der Waals surface area contributed by atoms with Crippen LogP contribution < -0.4 is 16.0 Å². The molecule has 12 heteroatoms. The highest BCUT2D eigenvalue weighted by Crippen LogP contribution is 2.13. The maximum atomic E-state index is 13.4. The Kier molecular flexibility index (Phi) is 11.5. The minimum Gasteiger partial charge on any atom is -0.391 e. The number of likely N-dealkylation sites (N-methyl/N-ethyl adjacent to an activating group) is 1. The smallest absolute Gasteiger partial charge is 0.274 e. The second kappa shape index (κ2) is 15.3. The van der Waals surface area contributed by atoms with Gasteiger partial charge in [0.05, 0.1) is 6.10 Å². The molecule has 3 aromatic rings. The molecule has 0 aliphatic carbocycles. The highest BCUT2D eigenvalue weighted by molar-refractivity contribution is 6.01. The molecule has 44 heavy (non-hydrogen) atoms. The number of benzene rings is 2. The number of amides is 4. The van der Waals surface area contributed by atoms with Crippen molar-refractivity contribution in [2.24, 2.45) is 0 Å². The van der Waals surface area contributed by atoms with Crippen molar-refractivity contribution in [3.05, 3.63) is 93.9 Å². The number of aromatic nitrogens is 1. The molecule has 0 aliphatic heterocycles. The zero-order chi connectivity index (χ0) is 32.4. The third-order valence-corrected chi connectivity index (χ3v) is 6.62. The Morgan fingerprint density at radius 1 is 1.00 bits per heavy atom. The van der Waals surface area contributed by atoms with Crippen LogP contribution in [0.15, 0.2) is 64.7 Å². The molecular formula is C32H36N6O6. The van der Waals surface area contributed by atoms with E-state index in [1.165, 1.54) is 24.0 Å². The molecule has 230 valence electrons. The molecule has 0 radical (unpaired) electrons. The molecule has 0 spiro atoms. The summed E-state index contributed by atoms with van der Waals surface area (Å²) in [6.45, 7) is 5.12. The molecule has 4 N–H and O–H groups in total. The quantitative estimate of drug-likeness (QED) is 0.180. The molecule has 4 amide bonds. The Hall–Kier alpha value is -5.28. The van der Waals surface area contributed by atoms with Crippen molar-refractivity contribution in [1.29, 1.82) is 5.26 Å². The third kappa shape index (κ3) is 9.37. The van der Waals surface area contributed by atoms with Gasteiger partial charge in [-0.3, -0.25) is 19.2 Å². The first-order valence-electron chi connectivity index (χ1n) is 13.9. The van der Waals surface area contributed by atoms with Crippen molar-refractivity contribution in [2.75, 3.05) is 14.1 Å². The van der Waals surface area contributed by atoms with E-state index >= 15 is 0 Å². The van der Waals surface area contributed by atoms with Crippen LogP contribution in [0.3, 0.4) is 0 Å². The number of carbonyl (C=O) groups excluding carboxylic acids is 4. The topological polar surface area (TPSA) is 178 Å². The number of hydrogen-bond acceptors (Lipinski definition) is 8. The van der Waals surface area contributed by atoms with Gasteiger partial charge in [-0.1, -0.05) is 59.3 Å². The van der Waals surface area contributed by atoms with Crippen LogP contribution in [0, 0.1) is 25.2 Å². The fourth-order valence-corrected chi connectivity index (χ4v) is 4.12. The van der Waals surface area contributed by atoms with Crippen molar-refractivity contribution in [3.63, 3.8) is 0 Å². The summed E-state index contributed by atoms with van der Waals surface area (Å²) >= 11 is 0. The van der Waals surface area contributed by atoms with E-state index in [0.29, 0.717) is 16.9 Å². The van der Waals surface area contributed by atoms with Crippen LogP contribution in [-0.2, 0) is 27.3 Å². The molecule has 3 rings (SSSR count). The molecule has 0 unspecified atom stereocenters. The van der Waals surface area contributed by atoms with Gasteiger partial charge >= 0.3 is 0 Å². The Morgan fingerprint density at radius 2 is 1.64 bits per heavy atom. The lowest BCUT2D eigenvalue weighted by atomic mass is 10.0. The maximum absolute atomic E-state index is 13.4. The van der Waals surface area contributed by atoms with Crippen LogP contribution in [0.1, 0.15) is 45.4 Å². The van der Waals surface area contributed by atoms with E-state index < -0.39 is 41.8 Å². The SMILES string of the molecule is Cc1ccc(CNC(=O)[C@H](Cc2ccc(/C=C(\C#N)C(=O)N(C)C)cc2)NC(=O)[C@@H](NC(=O)c2cc(C)on2)[C@@H](C)O)cc1. The summed E-state index contributed by atoms with van der Waals surface area (Å²) in [6, 6.07) is 15.3. The van der Waals surface area contributed by atoms with Crippen molar-refractivity contribution in [2.45, 2.75) is 51.9 Å². The Morgan fingerprint density at radius 3 is 2.18 bits per heavy atom. The van der Waals surface area contributed by atoms with Crippen LogP contribution >= 0.6 is 0 Å². The van der Waals surface area contributed by atoms with E-state index in [1.807, 2.05) is 37.3 Å². The number of rotatable bonds is 12. The summed E-state index contributed by atoms with van der Waals surface area (Å²) in [7, 11) is 3.11. The lowest BCUT2D eigenvalue weighted by Crippen LogP contribution is -2.57. The lowest BCUT2D eigenvalue weighted by molar-refractivity contribution is -0.131. The van der Waals surface area contributed by atoms with E-state index in [9.17, 15) is 29.5 Å². The predicted molar refractivity (Wildman–Crippen MR) is 162 cm³/mol. The van der Waals surface area contributed by atoms with Crippen LogP contribution in [0.2, 0.25) is 0 Å². The van der Waals surface area contributed by atoms with Gasteiger partial charge < -0.3 is 30.5 Å².